The molecule has 0 spiro atoms. The van der Waals surface area contributed by atoms with Crippen LogP contribution in [-0.2, 0) is 0 Å². The summed E-state index contributed by atoms with van der Waals surface area (Å²) in [6.07, 6.45) is 1.65. The summed E-state index contributed by atoms with van der Waals surface area (Å²) in [7, 11) is 1.72. The summed E-state index contributed by atoms with van der Waals surface area (Å²) in [6, 6.07) is 4.67. The fourth-order valence-corrected chi connectivity index (χ4v) is 1.97. The largest absolute Gasteiger partial charge is 0.379 e. The minimum Gasteiger partial charge on any atom is -0.379 e. The molecule has 0 aliphatic rings. The molecule has 0 fully saturated rings. The summed E-state index contributed by atoms with van der Waals surface area (Å²) >= 11 is 0. The van der Waals surface area contributed by atoms with Gasteiger partial charge in [-0.05, 0) is 25.8 Å². The number of carbonyl (C=O) groups is 1. The van der Waals surface area contributed by atoms with Gasteiger partial charge in [-0.3, -0.25) is 14.9 Å². The molecule has 1 unspecified atom stereocenters. The van der Waals surface area contributed by atoms with E-state index in [2.05, 4.69) is 5.32 Å². The van der Waals surface area contributed by atoms with Crippen LogP contribution in [0.3, 0.4) is 0 Å². The maximum atomic E-state index is 12.6. The standard InChI is InChI=1S/C15H23N3O3/c1-5-10-16-14-12(8-7-9-13(14)18(20)21)15(19)17(4)11(3)6-2/h7-9,11,16H,5-6,10H2,1-4H3. The van der Waals surface area contributed by atoms with E-state index in [1.165, 1.54) is 6.07 Å². The Hall–Kier alpha value is -2.11. The van der Waals surface area contributed by atoms with E-state index in [-0.39, 0.29) is 17.6 Å². The van der Waals surface area contributed by atoms with E-state index in [0.29, 0.717) is 17.8 Å². The van der Waals surface area contributed by atoms with Gasteiger partial charge in [0.05, 0.1) is 10.5 Å². The van der Waals surface area contributed by atoms with Gasteiger partial charge in [0, 0.05) is 25.7 Å². The number of anilines is 1. The third-order valence-electron chi connectivity index (χ3n) is 3.59. The first kappa shape index (κ1) is 16.9. The van der Waals surface area contributed by atoms with Crippen LogP contribution < -0.4 is 5.32 Å². The van der Waals surface area contributed by atoms with Gasteiger partial charge < -0.3 is 10.2 Å². The van der Waals surface area contributed by atoms with Crippen molar-refractivity contribution in [1.82, 2.24) is 4.90 Å². The lowest BCUT2D eigenvalue weighted by atomic mass is 10.1. The Balaban J connectivity index is 3.24. The first-order valence-corrected chi connectivity index (χ1v) is 7.22. The molecule has 0 saturated carbocycles. The van der Waals surface area contributed by atoms with Crippen LogP contribution in [0.4, 0.5) is 11.4 Å². The van der Waals surface area contributed by atoms with Crippen LogP contribution in [0.15, 0.2) is 18.2 Å². The summed E-state index contributed by atoms with van der Waals surface area (Å²) in [4.78, 5) is 24.9. The monoisotopic (exact) mass is 293 g/mol. The van der Waals surface area contributed by atoms with Gasteiger partial charge in [-0.15, -0.1) is 0 Å². The van der Waals surface area contributed by atoms with Crippen molar-refractivity contribution >= 4 is 17.3 Å². The number of amides is 1. The zero-order chi connectivity index (χ0) is 16.0. The zero-order valence-electron chi connectivity index (χ0n) is 13.0. The van der Waals surface area contributed by atoms with Crippen LogP contribution in [0, 0.1) is 10.1 Å². The van der Waals surface area contributed by atoms with Crippen LogP contribution in [-0.4, -0.2) is 35.4 Å². The molecule has 1 atom stereocenters. The first-order valence-electron chi connectivity index (χ1n) is 7.22. The van der Waals surface area contributed by atoms with E-state index in [1.807, 2.05) is 20.8 Å². The predicted molar refractivity (Wildman–Crippen MR) is 83.7 cm³/mol. The molecule has 1 aromatic rings. The Labute approximate surface area is 125 Å². The maximum Gasteiger partial charge on any atom is 0.293 e. The minimum absolute atomic E-state index is 0.0631. The number of carbonyl (C=O) groups excluding carboxylic acids is 1. The predicted octanol–water partition coefficient (Wildman–Crippen LogP) is 3.29. The van der Waals surface area contributed by atoms with Crippen molar-refractivity contribution in [3.63, 3.8) is 0 Å². The van der Waals surface area contributed by atoms with Crippen LogP contribution in [0.25, 0.3) is 0 Å². The Morgan fingerprint density at radius 1 is 1.43 bits per heavy atom. The lowest BCUT2D eigenvalue weighted by molar-refractivity contribution is -0.384. The molecule has 0 bridgehead atoms. The molecule has 0 aromatic heterocycles. The molecule has 6 heteroatoms. The smallest absolute Gasteiger partial charge is 0.293 e. The van der Waals surface area contributed by atoms with Crippen LogP contribution in [0.1, 0.15) is 44.0 Å². The summed E-state index contributed by atoms with van der Waals surface area (Å²) < 4.78 is 0. The second-order valence-electron chi connectivity index (χ2n) is 5.06. The summed E-state index contributed by atoms with van der Waals surface area (Å²) in [5.41, 5.74) is 0.594. The normalized spacial score (nSPS) is 11.8. The van der Waals surface area contributed by atoms with E-state index in [9.17, 15) is 14.9 Å². The molecule has 1 aromatic carbocycles. The van der Waals surface area contributed by atoms with Crippen molar-refractivity contribution in [2.75, 3.05) is 18.9 Å². The Morgan fingerprint density at radius 2 is 2.10 bits per heavy atom. The number of para-hydroxylation sites is 1. The average molecular weight is 293 g/mol. The third kappa shape index (κ3) is 3.93. The quantitative estimate of drug-likeness (QED) is 0.618. The molecule has 0 aliphatic carbocycles. The number of hydrogen-bond donors (Lipinski definition) is 1. The SMILES string of the molecule is CCCNc1c(C(=O)N(C)C(C)CC)cccc1[N+](=O)[O-]. The molecule has 21 heavy (non-hydrogen) atoms. The van der Waals surface area contributed by atoms with E-state index in [1.54, 1.807) is 24.1 Å². The summed E-state index contributed by atoms with van der Waals surface area (Å²) in [5.74, 6) is -0.202. The van der Waals surface area contributed by atoms with Gasteiger partial charge >= 0.3 is 0 Å². The first-order chi connectivity index (χ1) is 9.93. The summed E-state index contributed by atoms with van der Waals surface area (Å²) in [5, 5.41) is 14.2. The van der Waals surface area contributed by atoms with E-state index in [4.69, 9.17) is 0 Å². The highest BCUT2D eigenvalue weighted by Crippen LogP contribution is 2.29. The fraction of sp³-hybridized carbons (Fsp3) is 0.533. The molecule has 1 rings (SSSR count). The Morgan fingerprint density at radius 3 is 2.62 bits per heavy atom. The van der Waals surface area contributed by atoms with E-state index in [0.717, 1.165) is 12.8 Å². The number of nitro benzene ring substituents is 1. The average Bonchev–Trinajstić information content (AvgIpc) is 2.50. The van der Waals surface area contributed by atoms with Gasteiger partial charge in [0.2, 0.25) is 0 Å². The Bertz CT molecular complexity index is 517. The molecule has 0 saturated heterocycles. The highest BCUT2D eigenvalue weighted by Gasteiger charge is 2.24. The van der Waals surface area contributed by atoms with E-state index < -0.39 is 4.92 Å². The van der Waals surface area contributed by atoms with Gasteiger partial charge in [0.1, 0.15) is 5.69 Å². The van der Waals surface area contributed by atoms with Gasteiger partial charge in [0.25, 0.3) is 11.6 Å². The second kappa shape index (κ2) is 7.61. The lowest BCUT2D eigenvalue weighted by Crippen LogP contribution is -2.35. The zero-order valence-corrected chi connectivity index (χ0v) is 13.0. The van der Waals surface area contributed by atoms with E-state index >= 15 is 0 Å². The van der Waals surface area contributed by atoms with Crippen LogP contribution in [0.2, 0.25) is 0 Å². The molecule has 1 amide bonds. The summed E-state index contributed by atoms with van der Waals surface area (Å²) in [6.45, 7) is 6.50. The van der Waals surface area contributed by atoms with Crippen molar-refractivity contribution < 1.29 is 9.72 Å². The van der Waals surface area contributed by atoms with Crippen LogP contribution in [0.5, 0.6) is 0 Å². The molecule has 1 N–H and O–H groups in total. The van der Waals surface area contributed by atoms with Crippen LogP contribution >= 0.6 is 0 Å². The number of hydrogen-bond acceptors (Lipinski definition) is 4. The number of benzene rings is 1. The molecular formula is C15H23N3O3. The van der Waals surface area contributed by atoms with Gasteiger partial charge in [0.15, 0.2) is 0 Å². The van der Waals surface area contributed by atoms with Crippen molar-refractivity contribution in [1.29, 1.82) is 0 Å². The van der Waals surface area contributed by atoms with Crippen molar-refractivity contribution in [2.24, 2.45) is 0 Å². The molecule has 116 valence electrons. The van der Waals surface area contributed by atoms with Gasteiger partial charge in [-0.2, -0.15) is 0 Å². The number of nitro groups is 1. The Kier molecular flexibility index (Phi) is 6.14. The molecule has 6 nitrogen and oxygen atoms in total. The van der Waals surface area contributed by atoms with Crippen molar-refractivity contribution in [2.45, 2.75) is 39.7 Å². The molecule has 0 radical (unpaired) electrons. The van der Waals surface area contributed by atoms with Gasteiger partial charge in [-0.1, -0.05) is 19.9 Å². The highest BCUT2D eigenvalue weighted by atomic mass is 16.6. The van der Waals surface area contributed by atoms with Crippen molar-refractivity contribution in [3.8, 4) is 0 Å². The number of nitrogens with zero attached hydrogens (tertiary/aromatic N) is 2. The number of nitrogens with one attached hydrogen (secondary N) is 1. The highest BCUT2D eigenvalue weighted by molar-refractivity contribution is 6.01. The lowest BCUT2D eigenvalue weighted by Gasteiger charge is -2.25. The van der Waals surface area contributed by atoms with Crippen molar-refractivity contribution in [3.05, 3.63) is 33.9 Å². The van der Waals surface area contributed by atoms with Gasteiger partial charge in [-0.25, -0.2) is 0 Å². The fourth-order valence-electron chi connectivity index (χ4n) is 1.97. The maximum absolute atomic E-state index is 12.6. The molecule has 0 aliphatic heterocycles. The second-order valence-corrected chi connectivity index (χ2v) is 5.06. The molecular weight excluding hydrogens is 270 g/mol. The number of rotatable bonds is 7. The minimum atomic E-state index is -0.460. The topological polar surface area (TPSA) is 75.5 Å². The molecule has 0 heterocycles. The third-order valence-corrected chi connectivity index (χ3v) is 3.59.